The van der Waals surface area contributed by atoms with E-state index in [2.05, 4.69) is 121 Å². The van der Waals surface area contributed by atoms with Gasteiger partial charge in [0.1, 0.15) is 5.65 Å². The molecule has 5 nitrogen and oxygen atoms in total. The van der Waals surface area contributed by atoms with Crippen molar-refractivity contribution in [3.8, 4) is 22.8 Å². The van der Waals surface area contributed by atoms with E-state index in [0.717, 1.165) is 55.1 Å². The van der Waals surface area contributed by atoms with Crippen LogP contribution in [0.3, 0.4) is 0 Å². The van der Waals surface area contributed by atoms with E-state index in [9.17, 15) is 0 Å². The van der Waals surface area contributed by atoms with E-state index in [1.165, 1.54) is 27.2 Å². The van der Waals surface area contributed by atoms with Crippen LogP contribution in [-0.2, 0) is 26.5 Å². The van der Waals surface area contributed by atoms with Crippen LogP contribution in [0.1, 0.15) is 26.3 Å². The normalized spacial score (nSPS) is 12.3. The maximum absolute atomic E-state index is 6.54. The summed E-state index contributed by atoms with van der Waals surface area (Å²) >= 11 is 0. The number of imidazole rings is 1. The minimum absolute atomic E-state index is 0. The second kappa shape index (κ2) is 10.4. The van der Waals surface area contributed by atoms with Crippen molar-refractivity contribution in [2.24, 2.45) is 0 Å². The van der Waals surface area contributed by atoms with Gasteiger partial charge in [-0.15, -0.1) is 29.7 Å². The van der Waals surface area contributed by atoms with Crippen LogP contribution in [0.2, 0.25) is 0 Å². The molecule has 6 heteroatoms. The minimum Gasteiger partial charge on any atom is -0.503 e. The number of nitrogens with zero attached hydrogens (tertiary/aromatic N) is 4. The molecule has 0 spiro atoms. The molecule has 0 aliphatic heterocycles. The second-order valence-electron chi connectivity index (χ2n) is 13.3. The van der Waals surface area contributed by atoms with Gasteiger partial charge in [-0.2, -0.15) is 6.07 Å². The number of aromatic nitrogens is 4. The molecule has 5 heterocycles. The Morgan fingerprint density at radius 1 is 0.667 bits per heavy atom. The first-order chi connectivity index (χ1) is 22.9. The summed E-state index contributed by atoms with van der Waals surface area (Å²) in [5, 5.41) is 7.88. The summed E-state index contributed by atoms with van der Waals surface area (Å²) < 4.78 is 11.0. The van der Waals surface area contributed by atoms with E-state index in [4.69, 9.17) is 14.7 Å². The van der Waals surface area contributed by atoms with Crippen LogP contribution in [0.25, 0.3) is 76.8 Å². The zero-order valence-corrected chi connectivity index (χ0v) is 28.8. The monoisotopic (exact) mass is 799 g/mol. The van der Waals surface area contributed by atoms with Crippen LogP contribution >= 0.6 is 0 Å². The molecular weight excluding hydrogens is 772 g/mol. The first-order valence-corrected chi connectivity index (χ1v) is 15.9. The fourth-order valence-electron chi connectivity index (χ4n) is 7.41. The number of fused-ring (bicyclic) bond motifs is 12. The third-order valence-corrected chi connectivity index (χ3v) is 9.48. The Morgan fingerprint density at radius 3 is 2.23 bits per heavy atom. The molecule has 0 N–H and O–H groups in total. The number of benzene rings is 5. The van der Waals surface area contributed by atoms with Crippen molar-refractivity contribution in [1.82, 2.24) is 18.8 Å². The minimum atomic E-state index is -0.0214. The zero-order chi connectivity index (χ0) is 31.4. The third kappa shape index (κ3) is 4.07. The number of ether oxygens (including phenoxy) is 1. The molecule has 0 atom stereocenters. The van der Waals surface area contributed by atoms with Crippen LogP contribution in [-0.4, -0.2) is 18.8 Å². The molecule has 5 aromatic carbocycles. The Morgan fingerprint density at radius 2 is 1.40 bits per heavy atom. The molecular formula is C42H28N4OPt. The van der Waals surface area contributed by atoms with E-state index in [1.54, 1.807) is 0 Å². The van der Waals surface area contributed by atoms with Gasteiger partial charge in [0.05, 0.1) is 11.3 Å². The topological polar surface area (TPSA) is 43.8 Å². The molecule has 0 fully saturated rings. The quantitative estimate of drug-likeness (QED) is 0.132. The molecule has 0 unspecified atom stereocenters. The average molecular weight is 800 g/mol. The number of rotatable bonds is 3. The van der Waals surface area contributed by atoms with Gasteiger partial charge < -0.3 is 13.5 Å². The van der Waals surface area contributed by atoms with Gasteiger partial charge in [0.15, 0.2) is 0 Å². The van der Waals surface area contributed by atoms with Gasteiger partial charge >= 0.3 is 21.1 Å². The first-order valence-electron chi connectivity index (χ1n) is 15.9. The molecule has 0 saturated heterocycles. The fourth-order valence-corrected chi connectivity index (χ4v) is 7.41. The molecule has 10 rings (SSSR count). The van der Waals surface area contributed by atoms with Crippen LogP contribution in [0, 0.1) is 12.1 Å². The Kier molecular flexibility index (Phi) is 6.25. The predicted octanol–water partition coefficient (Wildman–Crippen LogP) is 10.5. The average Bonchev–Trinajstić information content (AvgIpc) is 3.78. The summed E-state index contributed by atoms with van der Waals surface area (Å²) in [7, 11) is 0. The number of para-hydroxylation sites is 2. The summed E-state index contributed by atoms with van der Waals surface area (Å²) in [6.07, 6.45) is 4.04. The van der Waals surface area contributed by atoms with Crippen molar-refractivity contribution < 1.29 is 25.8 Å². The van der Waals surface area contributed by atoms with Crippen LogP contribution < -0.4 is 4.74 Å². The van der Waals surface area contributed by atoms with E-state index in [-0.39, 0.29) is 26.5 Å². The van der Waals surface area contributed by atoms with Crippen LogP contribution in [0.5, 0.6) is 11.5 Å². The second-order valence-corrected chi connectivity index (χ2v) is 13.3. The summed E-state index contributed by atoms with van der Waals surface area (Å²) in [5.74, 6) is 1.24. The van der Waals surface area contributed by atoms with Crippen molar-refractivity contribution in [2.45, 2.75) is 26.2 Å². The van der Waals surface area contributed by atoms with E-state index >= 15 is 0 Å². The van der Waals surface area contributed by atoms with Crippen molar-refractivity contribution in [1.29, 1.82) is 0 Å². The third-order valence-electron chi connectivity index (χ3n) is 9.48. The molecule has 10 aromatic rings. The zero-order valence-electron chi connectivity index (χ0n) is 26.5. The Hall–Kier alpha value is -5.25. The fraction of sp³-hybridized carbons (Fsp3) is 0.0952. The molecule has 0 bridgehead atoms. The van der Waals surface area contributed by atoms with Crippen molar-refractivity contribution >= 4 is 65.5 Å². The van der Waals surface area contributed by atoms with Crippen LogP contribution in [0.15, 0.2) is 116 Å². The molecule has 48 heavy (non-hydrogen) atoms. The smallest absolute Gasteiger partial charge is 0.503 e. The number of pyridine rings is 2. The molecule has 0 aliphatic rings. The van der Waals surface area contributed by atoms with Crippen molar-refractivity contribution in [2.75, 3.05) is 0 Å². The van der Waals surface area contributed by atoms with Gasteiger partial charge in [0.25, 0.3) is 0 Å². The molecule has 0 saturated carbocycles. The van der Waals surface area contributed by atoms with E-state index in [1.807, 2.05) is 36.5 Å². The van der Waals surface area contributed by atoms with Gasteiger partial charge in [-0.25, -0.2) is 4.98 Å². The van der Waals surface area contributed by atoms with Crippen molar-refractivity contribution in [3.05, 3.63) is 133 Å². The van der Waals surface area contributed by atoms with Gasteiger partial charge in [-0.1, -0.05) is 110 Å². The van der Waals surface area contributed by atoms with E-state index in [0.29, 0.717) is 11.5 Å². The largest absolute Gasteiger partial charge is 2.00 e. The van der Waals surface area contributed by atoms with Gasteiger partial charge in [0, 0.05) is 51.3 Å². The maximum Gasteiger partial charge on any atom is 2.00 e. The SMILES string of the molecule is CC(C)(C)c1ccnc2c1c1cccc3c4ccc(Oc5[c-]c6c(cc5)c5ccccc5n5cc(-c7ccccc7)nc65)[c-]c4n2c31.[Pt+2]. The molecule has 232 valence electrons. The summed E-state index contributed by atoms with van der Waals surface area (Å²) in [6.45, 7) is 6.78. The summed E-state index contributed by atoms with van der Waals surface area (Å²) in [6, 6.07) is 42.9. The van der Waals surface area contributed by atoms with E-state index < -0.39 is 0 Å². The Balaban J connectivity index is 0.00000314. The number of hydrogen-bond donors (Lipinski definition) is 0. The summed E-state index contributed by atoms with van der Waals surface area (Å²) in [4.78, 5) is 10.0. The Bertz CT molecular complexity index is 2860. The van der Waals surface area contributed by atoms with Gasteiger partial charge in [-0.3, -0.25) is 4.98 Å². The standard InChI is InChI=1S/C42H28N4O.Pt/c1-42(2,3)34-20-21-43-41-38(34)32-14-9-13-31-30-19-17-27(23-37(30)46(41)39(31)32)47-26-16-18-28-29-12-7-8-15-36(29)45-24-35(25-10-5-4-6-11-25)44-40(45)33(28)22-26;/h4-21,24H,1-3H3;/q-2;+2. The first kappa shape index (κ1) is 28.9. The predicted molar refractivity (Wildman–Crippen MR) is 191 cm³/mol. The maximum atomic E-state index is 6.54. The number of hydrogen-bond acceptors (Lipinski definition) is 3. The van der Waals surface area contributed by atoms with Gasteiger partial charge in [-0.05, 0) is 33.9 Å². The molecule has 0 amide bonds. The summed E-state index contributed by atoms with van der Waals surface area (Å²) in [5.41, 5.74) is 8.29. The van der Waals surface area contributed by atoms with Crippen LogP contribution in [0.4, 0.5) is 0 Å². The molecule has 5 aromatic heterocycles. The Labute approximate surface area is 291 Å². The van der Waals surface area contributed by atoms with Gasteiger partial charge in [0.2, 0.25) is 0 Å². The molecule has 0 radical (unpaired) electrons. The molecule has 0 aliphatic carbocycles. The van der Waals surface area contributed by atoms with Crippen molar-refractivity contribution in [3.63, 3.8) is 0 Å².